The van der Waals surface area contributed by atoms with E-state index in [-0.39, 0.29) is 17.7 Å². The van der Waals surface area contributed by atoms with Crippen LogP contribution in [0.4, 0.5) is 0 Å². The van der Waals surface area contributed by atoms with Gasteiger partial charge in [0.25, 0.3) is 0 Å². The molecule has 8 heteroatoms. The van der Waals surface area contributed by atoms with Gasteiger partial charge in [-0.3, -0.25) is 4.79 Å². The molecule has 0 fully saturated rings. The number of aromatic nitrogens is 4. The molecule has 2 heterocycles. The number of aryl methyl sites for hydroxylation is 1. The van der Waals surface area contributed by atoms with Crippen molar-refractivity contribution in [1.29, 1.82) is 0 Å². The molecule has 3 rings (SSSR count). The molecule has 1 unspecified atom stereocenters. The average molecular weight is 371 g/mol. The van der Waals surface area contributed by atoms with E-state index in [1.54, 1.807) is 10.9 Å². The van der Waals surface area contributed by atoms with E-state index in [0.717, 1.165) is 17.7 Å². The normalized spacial score (nSPS) is 12.1. The number of thioether (sulfide) groups is 1. The number of benzene rings is 1. The Morgan fingerprint density at radius 1 is 1.31 bits per heavy atom. The molecule has 0 spiro atoms. The number of carbonyl (C=O) groups excluding carboxylic acids is 1. The van der Waals surface area contributed by atoms with E-state index < -0.39 is 0 Å². The number of hydrogen-bond donors (Lipinski definition) is 1. The first-order valence-corrected chi connectivity index (χ1v) is 9.43. The molecular formula is C18H21N5O2S. The maximum atomic E-state index is 12.2. The third-order valence-electron chi connectivity index (χ3n) is 3.98. The Labute approximate surface area is 156 Å². The number of carbonyl (C=O) groups is 1. The maximum absolute atomic E-state index is 12.2. The Balaban J connectivity index is 1.51. The number of rotatable bonds is 8. The molecule has 1 N–H and O–H groups in total. The van der Waals surface area contributed by atoms with Crippen molar-refractivity contribution in [2.45, 2.75) is 38.0 Å². The monoisotopic (exact) mass is 371 g/mol. The largest absolute Gasteiger partial charge is 0.467 e. The van der Waals surface area contributed by atoms with Crippen LogP contribution in [0.25, 0.3) is 0 Å². The first-order chi connectivity index (χ1) is 12.7. The first kappa shape index (κ1) is 18.2. The summed E-state index contributed by atoms with van der Waals surface area (Å²) in [6.45, 7) is 4.53. The molecule has 2 aromatic heterocycles. The van der Waals surface area contributed by atoms with Gasteiger partial charge in [-0.25, -0.2) is 4.68 Å². The second kappa shape index (κ2) is 8.66. The SMILES string of the molecule is CCc1ccc(C(C)NC(=O)CSc2nnnn2Cc2ccco2)cc1. The van der Waals surface area contributed by atoms with Crippen LogP contribution < -0.4 is 5.32 Å². The third kappa shape index (κ3) is 4.72. The molecule has 1 aromatic carbocycles. The van der Waals surface area contributed by atoms with Crippen molar-refractivity contribution in [3.8, 4) is 0 Å². The molecule has 0 aliphatic rings. The summed E-state index contributed by atoms with van der Waals surface area (Å²) in [7, 11) is 0. The van der Waals surface area contributed by atoms with Gasteiger partial charge in [-0.15, -0.1) is 5.10 Å². The fraction of sp³-hybridized carbons (Fsp3) is 0.333. The van der Waals surface area contributed by atoms with Crippen LogP contribution in [0, 0.1) is 0 Å². The Kier molecular flexibility index (Phi) is 6.06. The maximum Gasteiger partial charge on any atom is 0.230 e. The zero-order valence-electron chi connectivity index (χ0n) is 14.8. The van der Waals surface area contributed by atoms with Crippen molar-refractivity contribution in [2.75, 3.05) is 5.75 Å². The number of hydrogen-bond acceptors (Lipinski definition) is 6. The number of amides is 1. The molecule has 1 atom stereocenters. The van der Waals surface area contributed by atoms with E-state index in [1.165, 1.54) is 17.3 Å². The number of furan rings is 1. The molecular weight excluding hydrogens is 350 g/mol. The summed E-state index contributed by atoms with van der Waals surface area (Å²) < 4.78 is 6.92. The lowest BCUT2D eigenvalue weighted by Gasteiger charge is -2.14. The minimum atomic E-state index is -0.0605. The first-order valence-electron chi connectivity index (χ1n) is 8.45. The molecule has 26 heavy (non-hydrogen) atoms. The van der Waals surface area contributed by atoms with Crippen LogP contribution in [0.5, 0.6) is 0 Å². The summed E-state index contributed by atoms with van der Waals surface area (Å²) in [5, 5.41) is 15.2. The highest BCUT2D eigenvalue weighted by Crippen LogP contribution is 2.17. The molecule has 136 valence electrons. The minimum absolute atomic E-state index is 0.0480. The van der Waals surface area contributed by atoms with Crippen LogP contribution in [0.1, 0.15) is 36.8 Å². The molecule has 0 saturated carbocycles. The minimum Gasteiger partial charge on any atom is -0.467 e. The summed E-state index contributed by atoms with van der Waals surface area (Å²) >= 11 is 1.30. The van der Waals surface area contributed by atoms with Crippen LogP contribution in [-0.2, 0) is 17.8 Å². The Morgan fingerprint density at radius 3 is 2.81 bits per heavy atom. The van der Waals surface area contributed by atoms with Crippen LogP contribution in [0.2, 0.25) is 0 Å². The zero-order valence-corrected chi connectivity index (χ0v) is 15.6. The lowest BCUT2D eigenvalue weighted by molar-refractivity contribution is -0.119. The van der Waals surface area contributed by atoms with E-state index in [0.29, 0.717) is 11.7 Å². The van der Waals surface area contributed by atoms with E-state index in [4.69, 9.17) is 4.42 Å². The summed E-state index contributed by atoms with van der Waals surface area (Å²) in [4.78, 5) is 12.2. The van der Waals surface area contributed by atoms with E-state index in [9.17, 15) is 4.79 Å². The van der Waals surface area contributed by atoms with Gasteiger partial charge in [0.15, 0.2) is 0 Å². The van der Waals surface area contributed by atoms with E-state index in [2.05, 4.69) is 52.0 Å². The molecule has 7 nitrogen and oxygen atoms in total. The van der Waals surface area contributed by atoms with Gasteiger partial charge in [0, 0.05) is 0 Å². The van der Waals surface area contributed by atoms with Crippen molar-refractivity contribution < 1.29 is 9.21 Å². The predicted octanol–water partition coefficient (Wildman–Crippen LogP) is 2.85. The van der Waals surface area contributed by atoms with Crippen LogP contribution in [0.3, 0.4) is 0 Å². The molecule has 0 aliphatic heterocycles. The van der Waals surface area contributed by atoms with Crippen molar-refractivity contribution >= 4 is 17.7 Å². The highest BCUT2D eigenvalue weighted by atomic mass is 32.2. The van der Waals surface area contributed by atoms with Gasteiger partial charge >= 0.3 is 0 Å². The Morgan fingerprint density at radius 2 is 2.12 bits per heavy atom. The number of tetrazole rings is 1. The smallest absolute Gasteiger partial charge is 0.230 e. The summed E-state index contributed by atoms with van der Waals surface area (Å²) in [5.74, 6) is 0.943. The zero-order chi connectivity index (χ0) is 18.4. The van der Waals surface area contributed by atoms with Crippen LogP contribution in [-0.4, -0.2) is 31.9 Å². The van der Waals surface area contributed by atoms with Crippen LogP contribution >= 0.6 is 11.8 Å². The number of nitrogens with zero attached hydrogens (tertiary/aromatic N) is 4. The second-order valence-electron chi connectivity index (χ2n) is 5.87. The molecule has 0 aliphatic carbocycles. The topological polar surface area (TPSA) is 85.8 Å². The molecule has 1 amide bonds. The standard InChI is InChI=1S/C18H21N5O2S/c1-3-14-6-8-15(9-7-14)13(2)19-17(24)12-26-18-20-21-22-23(18)11-16-5-4-10-25-16/h4-10,13H,3,11-12H2,1-2H3,(H,19,24). The van der Waals surface area contributed by atoms with Crippen molar-refractivity contribution in [1.82, 2.24) is 25.5 Å². The van der Waals surface area contributed by atoms with Gasteiger partial charge in [-0.2, -0.15) is 0 Å². The molecule has 3 aromatic rings. The highest BCUT2D eigenvalue weighted by molar-refractivity contribution is 7.99. The quantitative estimate of drug-likeness (QED) is 0.613. The highest BCUT2D eigenvalue weighted by Gasteiger charge is 2.13. The van der Waals surface area contributed by atoms with Gasteiger partial charge in [-0.05, 0) is 47.0 Å². The van der Waals surface area contributed by atoms with Crippen LogP contribution in [0.15, 0.2) is 52.2 Å². The third-order valence-corrected chi connectivity index (χ3v) is 4.94. The summed E-state index contributed by atoms with van der Waals surface area (Å²) in [6.07, 6.45) is 2.61. The van der Waals surface area contributed by atoms with Gasteiger partial charge in [0.05, 0.1) is 18.1 Å². The fourth-order valence-corrected chi connectivity index (χ4v) is 3.18. The van der Waals surface area contributed by atoms with Gasteiger partial charge < -0.3 is 9.73 Å². The number of nitrogens with one attached hydrogen (secondary N) is 1. The van der Waals surface area contributed by atoms with Gasteiger partial charge in [0.1, 0.15) is 12.3 Å². The summed E-state index contributed by atoms with van der Waals surface area (Å²) in [6, 6.07) is 11.9. The predicted molar refractivity (Wildman–Crippen MR) is 98.7 cm³/mol. The van der Waals surface area contributed by atoms with Crippen molar-refractivity contribution in [3.63, 3.8) is 0 Å². The lowest BCUT2D eigenvalue weighted by atomic mass is 10.1. The second-order valence-corrected chi connectivity index (χ2v) is 6.81. The molecule has 0 radical (unpaired) electrons. The average Bonchev–Trinajstić information content (AvgIpc) is 3.32. The van der Waals surface area contributed by atoms with E-state index >= 15 is 0 Å². The fourth-order valence-electron chi connectivity index (χ4n) is 2.49. The van der Waals surface area contributed by atoms with Gasteiger partial charge in [0.2, 0.25) is 11.1 Å². The molecule has 0 saturated heterocycles. The van der Waals surface area contributed by atoms with Crippen molar-refractivity contribution in [3.05, 3.63) is 59.5 Å². The van der Waals surface area contributed by atoms with E-state index in [1.807, 2.05) is 19.1 Å². The summed E-state index contributed by atoms with van der Waals surface area (Å²) in [5.41, 5.74) is 2.37. The Hall–Kier alpha value is -2.61. The van der Waals surface area contributed by atoms with Crippen molar-refractivity contribution in [2.24, 2.45) is 0 Å². The lowest BCUT2D eigenvalue weighted by Crippen LogP contribution is -2.28. The molecule has 0 bridgehead atoms. The van der Waals surface area contributed by atoms with Gasteiger partial charge in [-0.1, -0.05) is 43.0 Å². The Bertz CT molecular complexity index is 830.